The van der Waals surface area contributed by atoms with E-state index in [2.05, 4.69) is 6.92 Å². The fraction of sp³-hybridized carbons (Fsp3) is 1.00. The lowest BCUT2D eigenvalue weighted by atomic mass is 10.1. The van der Waals surface area contributed by atoms with E-state index < -0.39 is 0 Å². The second-order valence-electron chi connectivity index (χ2n) is 2.78. The Kier molecular flexibility index (Phi) is 17.2. The van der Waals surface area contributed by atoms with E-state index in [1.165, 1.54) is 32.1 Å². The van der Waals surface area contributed by atoms with Crippen molar-refractivity contribution in [3.05, 3.63) is 0 Å². The van der Waals surface area contributed by atoms with Crippen LogP contribution in [0.25, 0.3) is 0 Å². The highest BCUT2D eigenvalue weighted by atomic mass is 16.5. The van der Waals surface area contributed by atoms with E-state index in [4.69, 9.17) is 4.74 Å². The van der Waals surface area contributed by atoms with E-state index in [0.717, 1.165) is 6.61 Å². The maximum atomic E-state index is 5.46. The van der Waals surface area contributed by atoms with Crippen molar-refractivity contribution in [2.24, 2.45) is 0 Å². The third-order valence-corrected chi connectivity index (χ3v) is 1.90. The van der Waals surface area contributed by atoms with Crippen LogP contribution in [-0.2, 0) is 4.74 Å². The largest absolute Gasteiger partial charge is 0.378 e. The third-order valence-electron chi connectivity index (χ3n) is 1.90. The molecule has 1 rings (SSSR count). The molecule has 0 radical (unpaired) electrons. The Hall–Kier alpha value is -0.0400. The van der Waals surface area contributed by atoms with Crippen molar-refractivity contribution in [1.29, 1.82) is 0 Å². The average Bonchev–Trinajstić information content (AvgIpc) is 2.73. The SMILES string of the molecule is CC.CC.CCCCC1CCCO1. The van der Waals surface area contributed by atoms with Crippen LogP contribution in [0.3, 0.4) is 0 Å². The van der Waals surface area contributed by atoms with Crippen molar-refractivity contribution in [2.45, 2.75) is 72.8 Å². The minimum absolute atomic E-state index is 0.616. The summed E-state index contributed by atoms with van der Waals surface area (Å²) < 4.78 is 5.46. The van der Waals surface area contributed by atoms with Gasteiger partial charge in [-0.2, -0.15) is 0 Å². The van der Waals surface area contributed by atoms with E-state index in [0.29, 0.717) is 6.10 Å². The van der Waals surface area contributed by atoms with Gasteiger partial charge in [-0.25, -0.2) is 0 Å². The molecular weight excluding hydrogens is 160 g/mol. The molecule has 1 fully saturated rings. The average molecular weight is 188 g/mol. The molecule has 13 heavy (non-hydrogen) atoms. The van der Waals surface area contributed by atoms with E-state index in [9.17, 15) is 0 Å². The topological polar surface area (TPSA) is 9.23 Å². The van der Waals surface area contributed by atoms with Crippen molar-refractivity contribution in [2.75, 3.05) is 6.61 Å². The summed E-state index contributed by atoms with van der Waals surface area (Å²) in [6, 6.07) is 0. The molecule has 1 aliphatic rings. The molecule has 0 N–H and O–H groups in total. The van der Waals surface area contributed by atoms with E-state index in [1.807, 2.05) is 27.7 Å². The molecule has 1 unspecified atom stereocenters. The summed E-state index contributed by atoms with van der Waals surface area (Å²) in [6.45, 7) is 11.2. The predicted octanol–water partition coefficient (Wildman–Crippen LogP) is 4.41. The van der Waals surface area contributed by atoms with Gasteiger partial charge < -0.3 is 4.74 Å². The summed E-state index contributed by atoms with van der Waals surface area (Å²) in [5.41, 5.74) is 0. The van der Waals surface area contributed by atoms with Crippen LogP contribution in [0.4, 0.5) is 0 Å². The van der Waals surface area contributed by atoms with Crippen LogP contribution in [0.5, 0.6) is 0 Å². The monoisotopic (exact) mass is 188 g/mol. The van der Waals surface area contributed by atoms with Crippen molar-refractivity contribution in [3.8, 4) is 0 Å². The molecule has 0 aromatic carbocycles. The molecule has 0 aromatic heterocycles. The third kappa shape index (κ3) is 9.88. The van der Waals surface area contributed by atoms with Gasteiger partial charge in [-0.05, 0) is 19.3 Å². The number of ether oxygens (including phenoxy) is 1. The Morgan fingerprint density at radius 2 is 1.77 bits per heavy atom. The van der Waals surface area contributed by atoms with Gasteiger partial charge in [0, 0.05) is 6.61 Å². The molecule has 0 saturated carbocycles. The molecular formula is C12H28O. The van der Waals surface area contributed by atoms with Crippen LogP contribution in [0, 0.1) is 0 Å². The van der Waals surface area contributed by atoms with Crippen molar-refractivity contribution in [1.82, 2.24) is 0 Å². The first-order valence-electron chi connectivity index (χ1n) is 6.05. The summed E-state index contributed by atoms with van der Waals surface area (Å²) in [7, 11) is 0. The first-order valence-corrected chi connectivity index (χ1v) is 6.05. The van der Waals surface area contributed by atoms with E-state index in [1.54, 1.807) is 0 Å². The predicted molar refractivity (Wildman–Crippen MR) is 61.2 cm³/mol. The summed E-state index contributed by atoms with van der Waals surface area (Å²) >= 11 is 0. The van der Waals surface area contributed by atoms with Crippen molar-refractivity contribution in [3.63, 3.8) is 0 Å². The molecule has 1 heterocycles. The van der Waals surface area contributed by atoms with E-state index in [-0.39, 0.29) is 0 Å². The molecule has 1 aliphatic heterocycles. The van der Waals surface area contributed by atoms with Gasteiger partial charge in [0.25, 0.3) is 0 Å². The van der Waals surface area contributed by atoms with Gasteiger partial charge in [-0.15, -0.1) is 0 Å². The Morgan fingerprint density at radius 3 is 2.15 bits per heavy atom. The lowest BCUT2D eigenvalue weighted by Gasteiger charge is -2.06. The highest BCUT2D eigenvalue weighted by Gasteiger charge is 2.13. The minimum atomic E-state index is 0.616. The first-order chi connectivity index (χ1) is 6.43. The van der Waals surface area contributed by atoms with Crippen LogP contribution < -0.4 is 0 Å². The zero-order valence-corrected chi connectivity index (χ0v) is 10.2. The fourth-order valence-electron chi connectivity index (χ4n) is 1.30. The zero-order valence-electron chi connectivity index (χ0n) is 10.2. The van der Waals surface area contributed by atoms with Crippen molar-refractivity contribution < 1.29 is 4.74 Å². The highest BCUT2D eigenvalue weighted by molar-refractivity contribution is 4.63. The highest BCUT2D eigenvalue weighted by Crippen LogP contribution is 2.17. The molecule has 1 saturated heterocycles. The van der Waals surface area contributed by atoms with Gasteiger partial charge in [0.1, 0.15) is 0 Å². The van der Waals surface area contributed by atoms with Gasteiger partial charge in [0.15, 0.2) is 0 Å². The Balaban J connectivity index is 0. The van der Waals surface area contributed by atoms with Gasteiger partial charge in [0.05, 0.1) is 6.10 Å². The number of hydrogen-bond acceptors (Lipinski definition) is 1. The Bertz CT molecular complexity index is 65.5. The second kappa shape index (κ2) is 14.5. The maximum absolute atomic E-state index is 5.46. The minimum Gasteiger partial charge on any atom is -0.378 e. The Morgan fingerprint density at radius 1 is 1.15 bits per heavy atom. The summed E-state index contributed by atoms with van der Waals surface area (Å²) in [4.78, 5) is 0. The smallest absolute Gasteiger partial charge is 0.0576 e. The molecule has 0 aliphatic carbocycles. The zero-order chi connectivity index (χ0) is 10.5. The van der Waals surface area contributed by atoms with Crippen LogP contribution in [-0.4, -0.2) is 12.7 Å². The lowest BCUT2D eigenvalue weighted by Crippen LogP contribution is -2.03. The number of rotatable bonds is 3. The van der Waals surface area contributed by atoms with Crippen molar-refractivity contribution >= 4 is 0 Å². The maximum Gasteiger partial charge on any atom is 0.0576 e. The molecule has 1 heteroatoms. The second-order valence-corrected chi connectivity index (χ2v) is 2.78. The molecule has 1 atom stereocenters. The normalized spacial score (nSPS) is 19.6. The molecule has 0 bridgehead atoms. The number of hydrogen-bond donors (Lipinski definition) is 0. The van der Waals surface area contributed by atoms with Gasteiger partial charge in [-0.3, -0.25) is 0 Å². The van der Waals surface area contributed by atoms with Crippen LogP contribution in [0.1, 0.15) is 66.7 Å². The molecule has 0 aromatic rings. The lowest BCUT2D eigenvalue weighted by molar-refractivity contribution is 0.102. The quantitative estimate of drug-likeness (QED) is 0.637. The Labute approximate surface area is 84.9 Å². The molecule has 0 spiro atoms. The van der Waals surface area contributed by atoms with Gasteiger partial charge in [-0.1, -0.05) is 47.5 Å². The van der Waals surface area contributed by atoms with Gasteiger partial charge >= 0.3 is 0 Å². The summed E-state index contributed by atoms with van der Waals surface area (Å²) in [6.07, 6.45) is 7.14. The molecule has 1 nitrogen and oxygen atoms in total. The summed E-state index contributed by atoms with van der Waals surface area (Å²) in [5.74, 6) is 0. The van der Waals surface area contributed by atoms with Crippen LogP contribution >= 0.6 is 0 Å². The molecule has 82 valence electrons. The van der Waals surface area contributed by atoms with Crippen LogP contribution in [0.2, 0.25) is 0 Å². The first kappa shape index (κ1) is 15.4. The standard InChI is InChI=1S/C8H16O.2C2H6/c1-2-3-5-8-6-4-7-9-8;2*1-2/h8H,2-7H2,1H3;2*1-2H3. The summed E-state index contributed by atoms with van der Waals surface area (Å²) in [5, 5.41) is 0. The van der Waals surface area contributed by atoms with Crippen LogP contribution in [0.15, 0.2) is 0 Å². The fourth-order valence-corrected chi connectivity index (χ4v) is 1.30. The molecule has 0 amide bonds. The number of unbranched alkanes of at least 4 members (excludes halogenated alkanes) is 1. The van der Waals surface area contributed by atoms with Gasteiger partial charge in [0.2, 0.25) is 0 Å². The van der Waals surface area contributed by atoms with E-state index >= 15 is 0 Å².